The van der Waals surface area contributed by atoms with Crippen LogP contribution in [0.1, 0.15) is 19.8 Å². The zero-order valence-electron chi connectivity index (χ0n) is 6.79. The molecular weight excluding hydrogens is 162 g/mol. The van der Waals surface area contributed by atoms with E-state index in [4.69, 9.17) is 0 Å². The van der Waals surface area contributed by atoms with Crippen molar-refractivity contribution in [2.24, 2.45) is 0 Å². The van der Waals surface area contributed by atoms with Crippen LogP contribution < -0.4 is 5.32 Å². The number of rotatable bonds is 1. The van der Waals surface area contributed by atoms with Crippen molar-refractivity contribution in [3.63, 3.8) is 0 Å². The van der Waals surface area contributed by atoms with Gasteiger partial charge in [0.15, 0.2) is 9.84 Å². The van der Waals surface area contributed by atoms with Crippen LogP contribution in [-0.4, -0.2) is 25.5 Å². The highest BCUT2D eigenvalue weighted by Crippen LogP contribution is 2.17. The monoisotopic (exact) mass is 177 g/mol. The van der Waals surface area contributed by atoms with Gasteiger partial charge < -0.3 is 5.32 Å². The van der Waals surface area contributed by atoms with E-state index >= 15 is 0 Å². The van der Waals surface area contributed by atoms with Crippen LogP contribution in [0.4, 0.5) is 0 Å². The Labute approximate surface area is 68.1 Å². The third kappa shape index (κ3) is 1.93. The van der Waals surface area contributed by atoms with Crippen molar-refractivity contribution in [2.75, 3.05) is 5.75 Å². The van der Waals surface area contributed by atoms with Gasteiger partial charge in [0.1, 0.15) is 0 Å². The predicted octanol–water partition coefficient (Wildman–Crippen LogP) is -0.693. The van der Waals surface area contributed by atoms with Gasteiger partial charge in [-0.25, -0.2) is 8.42 Å². The van der Waals surface area contributed by atoms with Gasteiger partial charge in [-0.15, -0.1) is 0 Å². The van der Waals surface area contributed by atoms with Crippen LogP contribution in [0.25, 0.3) is 0 Å². The molecule has 1 aliphatic heterocycles. The fourth-order valence-electron chi connectivity index (χ4n) is 1.42. The molecule has 3 nitrogen and oxygen atoms in total. The summed E-state index contributed by atoms with van der Waals surface area (Å²) in [6.07, 6.45) is 1.52. The first kappa shape index (κ1) is 9.00. The average Bonchev–Trinajstić information content (AvgIpc) is 1.95. The first-order chi connectivity index (χ1) is 5.06. The highest BCUT2D eigenvalue weighted by Gasteiger charge is 2.30. The van der Waals surface area contributed by atoms with E-state index in [2.05, 4.69) is 7.05 Å². The van der Waals surface area contributed by atoms with Gasteiger partial charge in [-0.2, -0.15) is 7.05 Å². The highest BCUT2D eigenvalue weighted by atomic mass is 32.2. The molecule has 2 atom stereocenters. The molecule has 0 bridgehead atoms. The smallest absolute Gasteiger partial charge is 0.153 e. The second kappa shape index (κ2) is 3.11. The zero-order valence-corrected chi connectivity index (χ0v) is 7.60. The maximum atomic E-state index is 11.2. The topological polar surface area (TPSA) is 50.8 Å². The predicted molar refractivity (Wildman–Crippen MR) is 43.6 cm³/mol. The Bertz CT molecular complexity index is 223. The Morgan fingerprint density at radius 1 is 1.55 bits per heavy atom. The van der Waals surface area contributed by atoms with E-state index in [1.165, 1.54) is 0 Å². The number of sulfone groups is 1. The third-order valence-corrected chi connectivity index (χ3v) is 4.58. The second-order valence-electron chi connectivity index (χ2n) is 3.20. The van der Waals surface area contributed by atoms with Gasteiger partial charge in [0.25, 0.3) is 0 Å². The van der Waals surface area contributed by atoms with Gasteiger partial charge in [0.2, 0.25) is 0 Å². The SMILES string of the molecule is [CH2-][NH2+]C1CCS(=O)(=O)C(C)C1. The average molecular weight is 177 g/mol. The Morgan fingerprint density at radius 3 is 2.64 bits per heavy atom. The van der Waals surface area contributed by atoms with E-state index in [0.29, 0.717) is 11.8 Å². The normalized spacial score (nSPS) is 36.9. The molecule has 1 saturated heterocycles. The second-order valence-corrected chi connectivity index (χ2v) is 5.74. The van der Waals surface area contributed by atoms with Crippen LogP contribution in [-0.2, 0) is 9.84 Å². The molecule has 0 aromatic rings. The van der Waals surface area contributed by atoms with Gasteiger partial charge in [-0.1, -0.05) is 0 Å². The molecule has 1 heterocycles. The molecule has 0 saturated carbocycles. The summed E-state index contributed by atoms with van der Waals surface area (Å²) in [7, 11) is 0.919. The molecule has 0 aromatic heterocycles. The summed E-state index contributed by atoms with van der Waals surface area (Å²) in [6, 6.07) is 0.411. The number of nitrogens with two attached hydrogens (primary N) is 1. The lowest BCUT2D eigenvalue weighted by molar-refractivity contribution is -0.635. The molecule has 0 aliphatic carbocycles. The number of hydrogen-bond acceptors (Lipinski definition) is 2. The van der Waals surface area contributed by atoms with Crippen LogP contribution in [0.15, 0.2) is 0 Å². The molecule has 0 spiro atoms. The van der Waals surface area contributed by atoms with E-state index in [9.17, 15) is 8.42 Å². The minimum atomic E-state index is -2.75. The van der Waals surface area contributed by atoms with E-state index in [-0.39, 0.29) is 5.25 Å². The standard InChI is InChI=1S/C7H15NO2S/c1-6-5-7(8-2)3-4-11(6,9)10/h6-7H,2-5,8H2,1H3. The summed E-state index contributed by atoms with van der Waals surface area (Å²) in [4.78, 5) is 0. The van der Waals surface area contributed by atoms with Gasteiger partial charge in [0.05, 0.1) is 17.0 Å². The molecular formula is C7H15NO2S. The lowest BCUT2D eigenvalue weighted by atomic mass is 10.1. The van der Waals surface area contributed by atoms with Crippen molar-refractivity contribution >= 4 is 9.84 Å². The Balaban J connectivity index is 2.62. The van der Waals surface area contributed by atoms with E-state index < -0.39 is 9.84 Å². The van der Waals surface area contributed by atoms with Crippen LogP contribution in [0.5, 0.6) is 0 Å². The summed E-state index contributed by atoms with van der Waals surface area (Å²) in [5, 5.41) is 1.70. The Kier molecular flexibility index (Phi) is 2.54. The molecule has 2 unspecified atom stereocenters. The molecule has 1 fully saturated rings. The van der Waals surface area contributed by atoms with Crippen molar-refractivity contribution in [3.8, 4) is 0 Å². The largest absolute Gasteiger partial charge is 0.476 e. The number of quaternary nitrogens is 1. The van der Waals surface area contributed by atoms with Crippen molar-refractivity contribution < 1.29 is 13.7 Å². The minimum absolute atomic E-state index is 0.167. The Morgan fingerprint density at radius 2 is 2.18 bits per heavy atom. The van der Waals surface area contributed by atoms with Crippen LogP contribution in [0.3, 0.4) is 0 Å². The molecule has 1 rings (SSSR count). The molecule has 4 heteroatoms. The molecule has 2 N–H and O–H groups in total. The summed E-state index contributed by atoms with van der Waals surface area (Å²) < 4.78 is 22.4. The maximum Gasteiger partial charge on any atom is 0.153 e. The zero-order chi connectivity index (χ0) is 8.48. The van der Waals surface area contributed by atoms with E-state index in [1.807, 2.05) is 5.32 Å². The van der Waals surface area contributed by atoms with Crippen LogP contribution in [0.2, 0.25) is 0 Å². The fourth-order valence-corrected chi connectivity index (χ4v) is 3.00. The van der Waals surface area contributed by atoms with Crippen LogP contribution in [0, 0.1) is 7.05 Å². The fraction of sp³-hybridized carbons (Fsp3) is 0.857. The third-order valence-electron chi connectivity index (χ3n) is 2.35. The highest BCUT2D eigenvalue weighted by molar-refractivity contribution is 7.92. The summed E-state index contributed by atoms with van der Waals surface area (Å²) in [5.41, 5.74) is 0. The molecule has 1 aliphatic rings. The van der Waals surface area contributed by atoms with Gasteiger partial charge >= 0.3 is 0 Å². The first-order valence-corrected chi connectivity index (χ1v) is 5.62. The quantitative estimate of drug-likeness (QED) is 0.539. The van der Waals surface area contributed by atoms with Crippen LogP contribution >= 0.6 is 0 Å². The molecule has 0 radical (unpaired) electrons. The van der Waals surface area contributed by atoms with Crippen molar-refractivity contribution in [3.05, 3.63) is 7.05 Å². The summed E-state index contributed by atoms with van der Waals surface area (Å²) in [6.45, 7) is 1.78. The van der Waals surface area contributed by atoms with E-state index in [1.54, 1.807) is 6.92 Å². The van der Waals surface area contributed by atoms with Gasteiger partial charge in [-0.3, -0.25) is 0 Å². The minimum Gasteiger partial charge on any atom is -0.476 e. The molecule has 66 valence electrons. The van der Waals surface area contributed by atoms with E-state index in [0.717, 1.165) is 12.8 Å². The van der Waals surface area contributed by atoms with Crippen molar-refractivity contribution in [2.45, 2.75) is 31.1 Å². The maximum absolute atomic E-state index is 11.2. The molecule has 0 amide bonds. The van der Waals surface area contributed by atoms with Crippen molar-refractivity contribution in [1.29, 1.82) is 0 Å². The van der Waals surface area contributed by atoms with Gasteiger partial charge in [-0.05, 0) is 6.92 Å². The van der Waals surface area contributed by atoms with Crippen molar-refractivity contribution in [1.82, 2.24) is 0 Å². The lowest BCUT2D eigenvalue weighted by Gasteiger charge is -2.26. The summed E-state index contributed by atoms with van der Waals surface area (Å²) >= 11 is 0. The van der Waals surface area contributed by atoms with Gasteiger partial charge in [0, 0.05) is 12.8 Å². The number of hydrogen-bond donors (Lipinski definition) is 1. The lowest BCUT2D eigenvalue weighted by Crippen LogP contribution is -2.85. The first-order valence-electron chi connectivity index (χ1n) is 3.90. The summed E-state index contributed by atoms with van der Waals surface area (Å²) in [5.74, 6) is 0.338. The molecule has 11 heavy (non-hydrogen) atoms. The Hall–Kier alpha value is -0.0900. The molecule has 0 aromatic carbocycles.